The van der Waals surface area contributed by atoms with Crippen molar-refractivity contribution < 1.29 is 4.74 Å². The number of rotatable bonds is 5. The maximum absolute atomic E-state index is 5.92. The van der Waals surface area contributed by atoms with Crippen molar-refractivity contribution in [1.82, 2.24) is 9.97 Å². The monoisotopic (exact) mass is 251 g/mol. The second-order valence-corrected chi connectivity index (χ2v) is 5.41. The van der Waals surface area contributed by atoms with E-state index in [2.05, 4.69) is 29.1 Å². The van der Waals surface area contributed by atoms with Crippen molar-refractivity contribution in [3.8, 4) is 5.88 Å². The Labute approximate surface area is 110 Å². The van der Waals surface area contributed by atoms with Crippen molar-refractivity contribution >= 4 is 5.82 Å². The number of anilines is 1. The lowest BCUT2D eigenvalue weighted by molar-refractivity contribution is 0.122. The van der Waals surface area contributed by atoms with Gasteiger partial charge in [-0.05, 0) is 41.0 Å². The Hall–Kier alpha value is -1.32. The number of hydrogen-bond donors (Lipinski definition) is 1. The normalized spacial score (nSPS) is 11.4. The summed E-state index contributed by atoms with van der Waals surface area (Å²) in [6, 6.07) is 0. The fourth-order valence-electron chi connectivity index (χ4n) is 1.60. The molecule has 0 aromatic carbocycles. The molecular weight excluding hydrogens is 226 g/mol. The van der Waals surface area contributed by atoms with E-state index in [0.29, 0.717) is 5.88 Å². The van der Waals surface area contributed by atoms with E-state index >= 15 is 0 Å². The van der Waals surface area contributed by atoms with E-state index in [1.165, 1.54) is 0 Å². The summed E-state index contributed by atoms with van der Waals surface area (Å²) in [6.07, 6.45) is 1.91. The quantitative estimate of drug-likeness (QED) is 0.871. The zero-order chi connectivity index (χ0) is 13.8. The standard InChI is InChI=1S/C14H25N3O/c1-7-9-11-16-12(15-8-2)10(3)13(17-11)18-14(4,5)6/h7-9H2,1-6H3,(H,15,16,17). The zero-order valence-corrected chi connectivity index (χ0v) is 12.4. The summed E-state index contributed by atoms with van der Waals surface area (Å²) in [5.74, 6) is 2.42. The van der Waals surface area contributed by atoms with Gasteiger partial charge < -0.3 is 10.1 Å². The molecule has 0 fully saturated rings. The van der Waals surface area contributed by atoms with Crippen LogP contribution in [-0.4, -0.2) is 22.1 Å². The first-order chi connectivity index (χ1) is 8.37. The lowest BCUT2D eigenvalue weighted by Gasteiger charge is -2.23. The van der Waals surface area contributed by atoms with Crippen molar-refractivity contribution in [3.05, 3.63) is 11.4 Å². The van der Waals surface area contributed by atoms with E-state index in [9.17, 15) is 0 Å². The topological polar surface area (TPSA) is 47.0 Å². The maximum atomic E-state index is 5.92. The first-order valence-corrected chi connectivity index (χ1v) is 6.67. The van der Waals surface area contributed by atoms with Gasteiger partial charge in [0.15, 0.2) is 0 Å². The molecule has 1 aromatic heterocycles. The molecule has 0 atom stereocenters. The van der Waals surface area contributed by atoms with Crippen LogP contribution in [0.1, 0.15) is 52.4 Å². The Kier molecular flexibility index (Phi) is 4.93. The van der Waals surface area contributed by atoms with Gasteiger partial charge in [-0.15, -0.1) is 0 Å². The van der Waals surface area contributed by atoms with Gasteiger partial charge in [0, 0.05) is 13.0 Å². The molecule has 1 rings (SSSR count). The third-order valence-corrected chi connectivity index (χ3v) is 2.37. The SMILES string of the molecule is CCCc1nc(NCC)c(C)c(OC(C)(C)C)n1. The van der Waals surface area contributed by atoms with Crippen LogP contribution >= 0.6 is 0 Å². The number of nitrogens with zero attached hydrogens (tertiary/aromatic N) is 2. The highest BCUT2D eigenvalue weighted by atomic mass is 16.5. The van der Waals surface area contributed by atoms with Gasteiger partial charge in [0.25, 0.3) is 0 Å². The second-order valence-electron chi connectivity index (χ2n) is 5.41. The van der Waals surface area contributed by atoms with Crippen LogP contribution in [0.25, 0.3) is 0 Å². The van der Waals surface area contributed by atoms with Gasteiger partial charge in [0.2, 0.25) is 5.88 Å². The lowest BCUT2D eigenvalue weighted by Crippen LogP contribution is -2.25. The molecule has 1 heterocycles. The third-order valence-electron chi connectivity index (χ3n) is 2.37. The van der Waals surface area contributed by atoms with Crippen LogP contribution < -0.4 is 10.1 Å². The molecule has 1 aromatic rings. The highest BCUT2D eigenvalue weighted by molar-refractivity contribution is 5.48. The fraction of sp³-hybridized carbons (Fsp3) is 0.714. The molecule has 0 aliphatic carbocycles. The van der Waals surface area contributed by atoms with Crippen LogP contribution in [0.4, 0.5) is 5.82 Å². The molecule has 4 heteroatoms. The molecule has 1 N–H and O–H groups in total. The largest absolute Gasteiger partial charge is 0.472 e. The summed E-state index contributed by atoms with van der Waals surface area (Å²) in [5, 5.41) is 3.27. The predicted octanol–water partition coefficient (Wildman–Crippen LogP) is 3.35. The van der Waals surface area contributed by atoms with Crippen LogP contribution in [0.3, 0.4) is 0 Å². The van der Waals surface area contributed by atoms with Crippen LogP contribution in [0, 0.1) is 6.92 Å². The highest BCUT2D eigenvalue weighted by Gasteiger charge is 2.18. The molecular formula is C14H25N3O. The van der Waals surface area contributed by atoms with Crippen molar-refractivity contribution in [2.24, 2.45) is 0 Å². The third kappa shape index (κ3) is 4.17. The summed E-state index contributed by atoms with van der Waals surface area (Å²) in [5.41, 5.74) is 0.734. The molecule has 0 bridgehead atoms. The smallest absolute Gasteiger partial charge is 0.222 e. The van der Waals surface area contributed by atoms with Crippen molar-refractivity contribution in [1.29, 1.82) is 0 Å². The highest BCUT2D eigenvalue weighted by Crippen LogP contribution is 2.25. The molecule has 102 valence electrons. The Morgan fingerprint density at radius 3 is 2.33 bits per heavy atom. The van der Waals surface area contributed by atoms with Crippen molar-refractivity contribution in [2.45, 2.75) is 60.0 Å². The van der Waals surface area contributed by atoms with E-state index in [1.807, 2.05) is 27.7 Å². The minimum absolute atomic E-state index is 0.244. The summed E-state index contributed by atoms with van der Waals surface area (Å²) in [6.45, 7) is 13.1. The minimum Gasteiger partial charge on any atom is -0.472 e. The van der Waals surface area contributed by atoms with Crippen LogP contribution in [0.2, 0.25) is 0 Å². The van der Waals surface area contributed by atoms with Crippen molar-refractivity contribution in [2.75, 3.05) is 11.9 Å². The molecule has 18 heavy (non-hydrogen) atoms. The number of aromatic nitrogens is 2. The molecule has 0 saturated carbocycles. The van der Waals surface area contributed by atoms with E-state index < -0.39 is 0 Å². The van der Waals surface area contributed by atoms with E-state index in [4.69, 9.17) is 4.74 Å². The van der Waals surface area contributed by atoms with Gasteiger partial charge in [-0.25, -0.2) is 4.98 Å². The van der Waals surface area contributed by atoms with Gasteiger partial charge in [0.1, 0.15) is 17.2 Å². The minimum atomic E-state index is -0.244. The molecule has 0 unspecified atom stereocenters. The second kappa shape index (κ2) is 6.03. The first-order valence-electron chi connectivity index (χ1n) is 6.67. The predicted molar refractivity (Wildman–Crippen MR) is 75.3 cm³/mol. The van der Waals surface area contributed by atoms with E-state index in [0.717, 1.165) is 36.6 Å². The molecule has 4 nitrogen and oxygen atoms in total. The Morgan fingerprint density at radius 2 is 1.83 bits per heavy atom. The summed E-state index contributed by atoms with van der Waals surface area (Å²) < 4.78 is 5.92. The molecule has 0 saturated heterocycles. The number of hydrogen-bond acceptors (Lipinski definition) is 4. The van der Waals surface area contributed by atoms with Crippen LogP contribution in [0.5, 0.6) is 5.88 Å². The Morgan fingerprint density at radius 1 is 1.17 bits per heavy atom. The van der Waals surface area contributed by atoms with Gasteiger partial charge in [0.05, 0.1) is 5.56 Å². The molecule has 0 radical (unpaired) electrons. The van der Waals surface area contributed by atoms with Crippen LogP contribution in [-0.2, 0) is 6.42 Å². The van der Waals surface area contributed by atoms with E-state index in [1.54, 1.807) is 0 Å². The fourth-order valence-corrected chi connectivity index (χ4v) is 1.60. The number of aryl methyl sites for hydroxylation is 1. The van der Waals surface area contributed by atoms with E-state index in [-0.39, 0.29) is 5.60 Å². The summed E-state index contributed by atoms with van der Waals surface area (Å²) in [4.78, 5) is 9.06. The molecule has 0 amide bonds. The molecule has 0 aliphatic rings. The summed E-state index contributed by atoms with van der Waals surface area (Å²) in [7, 11) is 0. The Bertz CT molecular complexity index is 397. The van der Waals surface area contributed by atoms with Crippen molar-refractivity contribution in [3.63, 3.8) is 0 Å². The first kappa shape index (κ1) is 14.7. The van der Waals surface area contributed by atoms with Gasteiger partial charge in [-0.1, -0.05) is 6.92 Å². The number of nitrogens with one attached hydrogen (secondary N) is 1. The lowest BCUT2D eigenvalue weighted by atomic mass is 10.2. The Balaban J connectivity index is 3.13. The zero-order valence-electron chi connectivity index (χ0n) is 12.4. The molecule has 0 aliphatic heterocycles. The summed E-state index contributed by atoms with van der Waals surface area (Å²) >= 11 is 0. The average molecular weight is 251 g/mol. The van der Waals surface area contributed by atoms with Gasteiger partial charge in [-0.3, -0.25) is 0 Å². The van der Waals surface area contributed by atoms with Crippen LogP contribution in [0.15, 0.2) is 0 Å². The molecule has 0 spiro atoms. The average Bonchev–Trinajstić information content (AvgIpc) is 2.23. The van der Waals surface area contributed by atoms with Gasteiger partial charge >= 0.3 is 0 Å². The number of ether oxygens (including phenoxy) is 1. The maximum Gasteiger partial charge on any atom is 0.222 e. The van der Waals surface area contributed by atoms with Gasteiger partial charge in [-0.2, -0.15) is 4.98 Å².